The predicted molar refractivity (Wildman–Crippen MR) is 114 cm³/mol. The molecular formula is C23H22N4O3. The zero-order valence-corrected chi connectivity index (χ0v) is 17.3. The van der Waals surface area contributed by atoms with Crippen LogP contribution >= 0.6 is 0 Å². The Morgan fingerprint density at radius 2 is 1.60 bits per heavy atom. The molecule has 0 saturated carbocycles. The van der Waals surface area contributed by atoms with Gasteiger partial charge in [-0.2, -0.15) is 4.98 Å². The van der Waals surface area contributed by atoms with E-state index in [9.17, 15) is 9.59 Å². The molecule has 7 nitrogen and oxygen atoms in total. The third-order valence-electron chi connectivity index (χ3n) is 4.94. The van der Waals surface area contributed by atoms with Gasteiger partial charge in [-0.15, -0.1) is 0 Å². The van der Waals surface area contributed by atoms with Crippen molar-refractivity contribution in [2.75, 3.05) is 0 Å². The molecule has 2 aromatic carbocycles. The van der Waals surface area contributed by atoms with Crippen LogP contribution in [0.15, 0.2) is 62.9 Å². The summed E-state index contributed by atoms with van der Waals surface area (Å²) in [5.41, 5.74) is 4.48. The van der Waals surface area contributed by atoms with Crippen LogP contribution in [0.25, 0.3) is 17.1 Å². The molecule has 0 N–H and O–H groups in total. The van der Waals surface area contributed by atoms with Crippen LogP contribution in [0.5, 0.6) is 0 Å². The van der Waals surface area contributed by atoms with Gasteiger partial charge in [0.15, 0.2) is 0 Å². The lowest BCUT2D eigenvalue weighted by Gasteiger charge is -2.09. The van der Waals surface area contributed by atoms with E-state index in [-0.39, 0.29) is 12.4 Å². The van der Waals surface area contributed by atoms with Crippen LogP contribution in [-0.2, 0) is 6.54 Å². The second-order valence-electron chi connectivity index (χ2n) is 7.58. The van der Waals surface area contributed by atoms with E-state index in [4.69, 9.17) is 4.52 Å². The number of aryl methyl sites for hydroxylation is 4. The first-order valence-corrected chi connectivity index (χ1v) is 9.63. The van der Waals surface area contributed by atoms with Gasteiger partial charge in [0.05, 0.1) is 0 Å². The second kappa shape index (κ2) is 7.59. The lowest BCUT2D eigenvalue weighted by Crippen LogP contribution is -2.40. The van der Waals surface area contributed by atoms with Crippen LogP contribution in [0.1, 0.15) is 28.1 Å². The van der Waals surface area contributed by atoms with E-state index in [1.165, 1.54) is 9.13 Å². The van der Waals surface area contributed by atoms with E-state index in [0.29, 0.717) is 11.5 Å². The molecule has 0 saturated heterocycles. The molecule has 0 radical (unpaired) electrons. The highest BCUT2D eigenvalue weighted by molar-refractivity contribution is 5.59. The summed E-state index contributed by atoms with van der Waals surface area (Å²) in [6.07, 6.45) is 3.14. The zero-order valence-electron chi connectivity index (χ0n) is 17.3. The predicted octanol–water partition coefficient (Wildman–Crippen LogP) is 3.33. The molecule has 0 unspecified atom stereocenters. The minimum Gasteiger partial charge on any atom is -0.337 e. The molecule has 4 aromatic rings. The van der Waals surface area contributed by atoms with Gasteiger partial charge in [0.25, 0.3) is 0 Å². The first kappa shape index (κ1) is 19.6. The van der Waals surface area contributed by atoms with Crippen molar-refractivity contribution in [3.63, 3.8) is 0 Å². The standard InChI is InChI=1S/C23H22N4O3/c1-14-5-6-19(17(4)10-14)21-24-20(30-25-21)13-26-7-8-27(23(29)22(26)28)18-11-15(2)9-16(3)12-18/h5-12H,13H2,1-4H3. The fourth-order valence-electron chi connectivity index (χ4n) is 3.56. The van der Waals surface area contributed by atoms with Crippen LogP contribution in [0.2, 0.25) is 0 Å². The third kappa shape index (κ3) is 3.74. The first-order valence-electron chi connectivity index (χ1n) is 9.63. The van der Waals surface area contributed by atoms with Gasteiger partial charge in [0.1, 0.15) is 6.54 Å². The average Bonchev–Trinajstić information content (AvgIpc) is 3.13. The Kier molecular flexibility index (Phi) is 4.95. The van der Waals surface area contributed by atoms with E-state index in [2.05, 4.69) is 10.1 Å². The fourth-order valence-corrected chi connectivity index (χ4v) is 3.56. The monoisotopic (exact) mass is 402 g/mol. The van der Waals surface area contributed by atoms with Gasteiger partial charge in [0.2, 0.25) is 11.7 Å². The minimum atomic E-state index is -0.650. The normalized spacial score (nSPS) is 11.1. The van der Waals surface area contributed by atoms with E-state index in [1.807, 2.05) is 64.1 Å². The van der Waals surface area contributed by atoms with Crippen molar-refractivity contribution in [1.29, 1.82) is 0 Å². The number of benzene rings is 2. The van der Waals surface area contributed by atoms with Crippen molar-refractivity contribution in [1.82, 2.24) is 19.3 Å². The molecule has 2 aromatic heterocycles. The molecule has 7 heteroatoms. The zero-order chi connectivity index (χ0) is 21.4. The van der Waals surface area contributed by atoms with Crippen LogP contribution in [-0.4, -0.2) is 19.3 Å². The molecule has 0 aliphatic carbocycles. The number of hydrogen-bond acceptors (Lipinski definition) is 5. The Bertz CT molecular complexity index is 1340. The summed E-state index contributed by atoms with van der Waals surface area (Å²) in [5, 5.41) is 4.02. The average molecular weight is 402 g/mol. The van der Waals surface area contributed by atoms with Gasteiger partial charge in [-0.25, -0.2) is 0 Å². The van der Waals surface area contributed by atoms with Crippen molar-refractivity contribution in [3.8, 4) is 17.1 Å². The Labute approximate surface area is 173 Å². The number of nitrogens with zero attached hydrogens (tertiary/aromatic N) is 4. The number of rotatable bonds is 4. The topological polar surface area (TPSA) is 82.9 Å². The van der Waals surface area contributed by atoms with Gasteiger partial charge < -0.3 is 4.52 Å². The molecule has 0 atom stereocenters. The Hall–Kier alpha value is -3.74. The molecule has 30 heavy (non-hydrogen) atoms. The summed E-state index contributed by atoms with van der Waals surface area (Å²) >= 11 is 0. The maximum Gasteiger partial charge on any atom is 0.320 e. The summed E-state index contributed by atoms with van der Waals surface area (Å²) < 4.78 is 7.95. The molecule has 0 spiro atoms. The van der Waals surface area contributed by atoms with Crippen LogP contribution < -0.4 is 11.1 Å². The number of aromatic nitrogens is 4. The summed E-state index contributed by atoms with van der Waals surface area (Å²) in [6, 6.07) is 11.7. The lowest BCUT2D eigenvalue weighted by molar-refractivity contribution is 0.369. The van der Waals surface area contributed by atoms with Gasteiger partial charge in [0, 0.05) is 23.6 Å². The quantitative estimate of drug-likeness (QED) is 0.489. The number of hydrogen-bond donors (Lipinski definition) is 0. The van der Waals surface area contributed by atoms with E-state index in [0.717, 1.165) is 27.8 Å². The molecule has 4 rings (SSSR count). The highest BCUT2D eigenvalue weighted by Gasteiger charge is 2.14. The summed E-state index contributed by atoms with van der Waals surface area (Å²) in [5.74, 6) is 0.717. The third-order valence-corrected chi connectivity index (χ3v) is 4.94. The van der Waals surface area contributed by atoms with Crippen molar-refractivity contribution in [2.45, 2.75) is 34.2 Å². The molecule has 2 heterocycles. The van der Waals surface area contributed by atoms with Gasteiger partial charge in [-0.1, -0.05) is 35.0 Å². The Balaban J connectivity index is 1.65. The Morgan fingerprint density at radius 1 is 0.867 bits per heavy atom. The molecule has 0 bridgehead atoms. The summed E-state index contributed by atoms with van der Waals surface area (Å²) in [7, 11) is 0. The maximum absolute atomic E-state index is 12.7. The highest BCUT2D eigenvalue weighted by Crippen LogP contribution is 2.21. The van der Waals surface area contributed by atoms with Gasteiger partial charge >= 0.3 is 11.1 Å². The molecule has 0 aliphatic rings. The SMILES string of the molecule is Cc1cc(C)cc(-n2ccn(Cc3nc(-c4ccc(C)cc4C)no3)c(=O)c2=O)c1. The lowest BCUT2D eigenvalue weighted by atomic mass is 10.1. The smallest absolute Gasteiger partial charge is 0.320 e. The van der Waals surface area contributed by atoms with Crippen molar-refractivity contribution < 1.29 is 4.52 Å². The van der Waals surface area contributed by atoms with Crippen LogP contribution in [0.3, 0.4) is 0 Å². The largest absolute Gasteiger partial charge is 0.337 e. The van der Waals surface area contributed by atoms with Crippen molar-refractivity contribution in [2.24, 2.45) is 0 Å². The molecule has 0 aliphatic heterocycles. The maximum atomic E-state index is 12.7. The van der Waals surface area contributed by atoms with Gasteiger partial charge in [-0.05, 0) is 56.5 Å². The minimum absolute atomic E-state index is 0.0274. The van der Waals surface area contributed by atoms with Crippen LogP contribution in [0, 0.1) is 27.7 Å². The summed E-state index contributed by atoms with van der Waals surface area (Å²) in [6.45, 7) is 7.93. The summed E-state index contributed by atoms with van der Waals surface area (Å²) in [4.78, 5) is 29.7. The first-order chi connectivity index (χ1) is 14.3. The van der Waals surface area contributed by atoms with Crippen LogP contribution in [0.4, 0.5) is 0 Å². The fraction of sp³-hybridized carbons (Fsp3) is 0.217. The van der Waals surface area contributed by atoms with E-state index < -0.39 is 11.1 Å². The molecule has 152 valence electrons. The van der Waals surface area contributed by atoms with E-state index >= 15 is 0 Å². The van der Waals surface area contributed by atoms with Crippen molar-refractivity contribution >= 4 is 0 Å². The highest BCUT2D eigenvalue weighted by atomic mass is 16.5. The van der Waals surface area contributed by atoms with Gasteiger partial charge in [-0.3, -0.25) is 18.7 Å². The van der Waals surface area contributed by atoms with Crippen molar-refractivity contribution in [3.05, 3.63) is 97.6 Å². The van der Waals surface area contributed by atoms with E-state index in [1.54, 1.807) is 12.4 Å². The second-order valence-corrected chi connectivity index (χ2v) is 7.58. The molecular weight excluding hydrogens is 380 g/mol. The Morgan fingerprint density at radius 3 is 2.30 bits per heavy atom. The molecule has 0 amide bonds. The molecule has 0 fully saturated rings.